The predicted molar refractivity (Wildman–Crippen MR) is 94.8 cm³/mol. The Bertz CT molecular complexity index is 718. The molecule has 3 unspecified atom stereocenters. The topological polar surface area (TPSA) is 45.6 Å². The van der Waals surface area contributed by atoms with E-state index >= 15 is 0 Å². The third-order valence-electron chi connectivity index (χ3n) is 5.58. The lowest BCUT2D eigenvalue weighted by Gasteiger charge is -2.40. The van der Waals surface area contributed by atoms with Crippen molar-refractivity contribution in [1.82, 2.24) is 9.88 Å². The number of aromatic nitrogens is 1. The Morgan fingerprint density at radius 2 is 2.17 bits per heavy atom. The summed E-state index contributed by atoms with van der Waals surface area (Å²) in [5.74, 6) is 0.357. The number of hydrogen-bond acceptors (Lipinski definition) is 4. The Kier molecular flexibility index (Phi) is 4.53. The molecule has 2 fully saturated rings. The molecule has 1 N–H and O–H groups in total. The fourth-order valence-electron chi connectivity index (χ4n) is 4.28. The van der Waals surface area contributed by atoms with Gasteiger partial charge in [-0.05, 0) is 43.5 Å². The van der Waals surface area contributed by atoms with E-state index in [1.165, 1.54) is 10.9 Å². The number of morpholine rings is 1. The van der Waals surface area contributed by atoms with Crippen molar-refractivity contribution in [3.05, 3.63) is 41.6 Å². The molecule has 4 heteroatoms. The molecule has 2 heterocycles. The molecule has 1 aromatic carbocycles. The van der Waals surface area contributed by atoms with Gasteiger partial charge in [-0.15, -0.1) is 0 Å². The number of pyridine rings is 1. The Balaban J connectivity index is 1.55. The number of rotatable bonds is 3. The maximum absolute atomic E-state index is 10.3. The minimum absolute atomic E-state index is 0.164. The molecule has 0 radical (unpaired) electrons. The highest BCUT2D eigenvalue weighted by Crippen LogP contribution is 2.33. The Labute approximate surface area is 143 Å². The van der Waals surface area contributed by atoms with E-state index < -0.39 is 0 Å². The van der Waals surface area contributed by atoms with Gasteiger partial charge in [0.1, 0.15) is 0 Å². The average molecular weight is 326 g/mol. The number of nitrogens with zero attached hydrogens (tertiary/aromatic N) is 2. The van der Waals surface area contributed by atoms with Crippen LogP contribution >= 0.6 is 0 Å². The van der Waals surface area contributed by atoms with Gasteiger partial charge >= 0.3 is 0 Å². The van der Waals surface area contributed by atoms with Gasteiger partial charge in [-0.25, -0.2) is 0 Å². The summed E-state index contributed by atoms with van der Waals surface area (Å²) in [5.41, 5.74) is 3.43. The highest BCUT2D eigenvalue weighted by atomic mass is 16.5. The Hall–Kier alpha value is -1.49. The van der Waals surface area contributed by atoms with E-state index in [1.54, 1.807) is 0 Å². The van der Waals surface area contributed by atoms with Crippen LogP contribution in [0, 0.1) is 12.8 Å². The molecule has 1 aromatic heterocycles. The van der Waals surface area contributed by atoms with Crippen molar-refractivity contribution in [2.75, 3.05) is 19.8 Å². The van der Waals surface area contributed by atoms with Crippen LogP contribution in [-0.2, 0) is 11.3 Å². The summed E-state index contributed by atoms with van der Waals surface area (Å²) in [6.45, 7) is 5.42. The maximum atomic E-state index is 10.3. The minimum atomic E-state index is -0.164. The van der Waals surface area contributed by atoms with Crippen molar-refractivity contribution in [3.8, 4) is 0 Å². The summed E-state index contributed by atoms with van der Waals surface area (Å²) in [7, 11) is 0. The van der Waals surface area contributed by atoms with Crippen LogP contribution in [0.4, 0.5) is 0 Å². The first-order valence-electron chi connectivity index (χ1n) is 9.07. The molecule has 1 saturated carbocycles. The SMILES string of the molecule is Cc1ccc2cc(CN3CCOCC3C3CCCC3O)ccc2n1. The van der Waals surface area contributed by atoms with Crippen LogP contribution in [0.2, 0.25) is 0 Å². The number of aliphatic hydroxyl groups is 1. The predicted octanol–water partition coefficient (Wildman–Crippen LogP) is 2.91. The van der Waals surface area contributed by atoms with Crippen molar-refractivity contribution >= 4 is 10.9 Å². The van der Waals surface area contributed by atoms with Crippen LogP contribution in [0.25, 0.3) is 10.9 Å². The van der Waals surface area contributed by atoms with E-state index in [9.17, 15) is 5.11 Å². The number of ether oxygens (including phenoxy) is 1. The molecule has 0 bridgehead atoms. The molecule has 2 aliphatic rings. The molecule has 4 nitrogen and oxygen atoms in total. The average Bonchev–Trinajstić information content (AvgIpc) is 3.01. The molecular weight excluding hydrogens is 300 g/mol. The number of benzene rings is 1. The van der Waals surface area contributed by atoms with Crippen molar-refractivity contribution < 1.29 is 9.84 Å². The summed E-state index contributed by atoms with van der Waals surface area (Å²) < 4.78 is 5.73. The standard InChI is InChI=1S/C20H26N2O2/c1-14-5-7-16-11-15(6-8-18(16)21-14)12-22-9-10-24-13-19(22)17-3-2-4-20(17)23/h5-8,11,17,19-20,23H,2-4,9-10,12-13H2,1H3. The van der Waals surface area contributed by atoms with Gasteiger partial charge < -0.3 is 9.84 Å². The molecule has 0 spiro atoms. The van der Waals surface area contributed by atoms with Crippen LogP contribution in [0.15, 0.2) is 30.3 Å². The molecule has 24 heavy (non-hydrogen) atoms. The van der Waals surface area contributed by atoms with Gasteiger partial charge in [0, 0.05) is 36.1 Å². The third-order valence-corrected chi connectivity index (χ3v) is 5.58. The van der Waals surface area contributed by atoms with E-state index in [2.05, 4.69) is 40.2 Å². The van der Waals surface area contributed by atoms with Gasteiger partial charge in [-0.2, -0.15) is 0 Å². The van der Waals surface area contributed by atoms with E-state index in [0.717, 1.165) is 56.8 Å². The quantitative estimate of drug-likeness (QED) is 0.942. The molecule has 4 rings (SSSR count). The van der Waals surface area contributed by atoms with Gasteiger partial charge in [0.15, 0.2) is 0 Å². The first kappa shape index (κ1) is 16.0. The highest BCUT2D eigenvalue weighted by Gasteiger charge is 2.37. The van der Waals surface area contributed by atoms with Crippen molar-refractivity contribution in [1.29, 1.82) is 0 Å². The zero-order valence-electron chi connectivity index (χ0n) is 14.3. The molecule has 0 amide bonds. The smallest absolute Gasteiger partial charge is 0.0705 e. The molecule has 1 aliphatic heterocycles. The summed E-state index contributed by atoms with van der Waals surface area (Å²) in [5, 5.41) is 11.5. The van der Waals surface area contributed by atoms with E-state index in [-0.39, 0.29) is 6.10 Å². The van der Waals surface area contributed by atoms with Crippen LogP contribution in [-0.4, -0.2) is 46.9 Å². The third kappa shape index (κ3) is 3.18. The fourth-order valence-corrected chi connectivity index (χ4v) is 4.28. The van der Waals surface area contributed by atoms with Gasteiger partial charge in [-0.1, -0.05) is 18.6 Å². The van der Waals surface area contributed by atoms with Crippen molar-refractivity contribution in [2.24, 2.45) is 5.92 Å². The van der Waals surface area contributed by atoms with Gasteiger partial charge in [-0.3, -0.25) is 9.88 Å². The molecular formula is C20H26N2O2. The lowest BCUT2D eigenvalue weighted by molar-refractivity contribution is -0.0536. The normalized spacial score (nSPS) is 28.5. The number of aliphatic hydroxyl groups excluding tert-OH is 1. The van der Waals surface area contributed by atoms with Crippen molar-refractivity contribution in [2.45, 2.75) is 44.9 Å². The summed E-state index contributed by atoms with van der Waals surface area (Å²) in [6, 6.07) is 11.1. The molecule has 1 aliphatic carbocycles. The van der Waals surface area contributed by atoms with E-state index in [4.69, 9.17) is 4.74 Å². The minimum Gasteiger partial charge on any atom is -0.393 e. The second-order valence-corrected chi connectivity index (χ2v) is 7.25. The molecule has 3 atom stereocenters. The molecule has 2 aromatic rings. The zero-order chi connectivity index (χ0) is 16.5. The first-order valence-corrected chi connectivity index (χ1v) is 9.07. The first-order chi connectivity index (χ1) is 11.7. The van der Waals surface area contributed by atoms with Crippen molar-refractivity contribution in [3.63, 3.8) is 0 Å². The van der Waals surface area contributed by atoms with Crippen LogP contribution in [0.3, 0.4) is 0 Å². The maximum Gasteiger partial charge on any atom is 0.0705 e. The Morgan fingerprint density at radius 1 is 1.25 bits per heavy atom. The van der Waals surface area contributed by atoms with E-state index in [0.29, 0.717) is 12.0 Å². The number of aryl methyl sites for hydroxylation is 1. The van der Waals surface area contributed by atoms with Gasteiger partial charge in [0.05, 0.1) is 24.8 Å². The molecule has 1 saturated heterocycles. The monoisotopic (exact) mass is 326 g/mol. The summed E-state index contributed by atoms with van der Waals surface area (Å²) in [4.78, 5) is 7.09. The number of fused-ring (bicyclic) bond motifs is 1. The Morgan fingerprint density at radius 3 is 3.00 bits per heavy atom. The van der Waals surface area contributed by atoms with Crippen LogP contribution in [0.5, 0.6) is 0 Å². The van der Waals surface area contributed by atoms with Gasteiger partial charge in [0.2, 0.25) is 0 Å². The zero-order valence-corrected chi connectivity index (χ0v) is 14.3. The molecule has 128 valence electrons. The summed E-state index contributed by atoms with van der Waals surface area (Å²) >= 11 is 0. The summed E-state index contributed by atoms with van der Waals surface area (Å²) in [6.07, 6.45) is 3.03. The lowest BCUT2D eigenvalue weighted by atomic mass is 9.94. The van der Waals surface area contributed by atoms with E-state index in [1.807, 2.05) is 6.92 Å². The number of hydrogen-bond donors (Lipinski definition) is 1. The second-order valence-electron chi connectivity index (χ2n) is 7.25. The second kappa shape index (κ2) is 6.79. The van der Waals surface area contributed by atoms with Gasteiger partial charge in [0.25, 0.3) is 0 Å². The van der Waals surface area contributed by atoms with Crippen LogP contribution in [0.1, 0.15) is 30.5 Å². The van der Waals surface area contributed by atoms with Crippen LogP contribution < -0.4 is 0 Å². The largest absolute Gasteiger partial charge is 0.393 e. The fraction of sp³-hybridized carbons (Fsp3) is 0.550. The highest BCUT2D eigenvalue weighted by molar-refractivity contribution is 5.79. The lowest BCUT2D eigenvalue weighted by Crippen LogP contribution is -2.50.